The fraction of sp³-hybridized carbons (Fsp3) is 0.727. The van der Waals surface area contributed by atoms with Crippen molar-refractivity contribution in [2.24, 2.45) is 0 Å². The van der Waals surface area contributed by atoms with Gasteiger partial charge >= 0.3 is 12.2 Å². The van der Waals surface area contributed by atoms with E-state index in [4.69, 9.17) is 16.3 Å². The first-order chi connectivity index (χ1) is 9.35. The molecule has 0 aromatic carbocycles. The van der Waals surface area contributed by atoms with Crippen LogP contribution in [0, 0.1) is 0 Å². The number of rotatable bonds is 7. The topological polar surface area (TPSA) is 51.1 Å². The monoisotopic (exact) mass is 312 g/mol. The van der Waals surface area contributed by atoms with Crippen molar-refractivity contribution in [3.63, 3.8) is 0 Å². The van der Waals surface area contributed by atoms with Crippen molar-refractivity contribution in [1.82, 2.24) is 15.0 Å². The highest BCUT2D eigenvalue weighted by Gasteiger charge is 2.26. The number of nitrogens with zero attached hydrogens (tertiary/aromatic N) is 4. The summed E-state index contributed by atoms with van der Waals surface area (Å²) < 4.78 is 41.0. The Hall–Kier alpha value is -1.31. The fourth-order valence-corrected chi connectivity index (χ4v) is 1.62. The van der Waals surface area contributed by atoms with Gasteiger partial charge in [0.25, 0.3) is 0 Å². The predicted octanol–water partition coefficient (Wildman–Crippen LogP) is 3.09. The molecule has 20 heavy (non-hydrogen) atoms. The Balaban J connectivity index is 2.62. The van der Waals surface area contributed by atoms with Gasteiger partial charge in [-0.05, 0) is 31.9 Å². The molecule has 0 spiro atoms. The van der Waals surface area contributed by atoms with Gasteiger partial charge in [-0.15, -0.1) is 0 Å². The zero-order valence-electron chi connectivity index (χ0n) is 11.2. The largest absolute Gasteiger partial charge is 0.463 e. The summed E-state index contributed by atoms with van der Waals surface area (Å²) >= 11 is 5.74. The molecule has 0 amide bonds. The summed E-state index contributed by atoms with van der Waals surface area (Å²) in [6, 6.07) is -0.0610. The molecule has 0 fully saturated rings. The Morgan fingerprint density at radius 3 is 2.35 bits per heavy atom. The van der Waals surface area contributed by atoms with Gasteiger partial charge in [0.05, 0.1) is 6.61 Å². The Labute approximate surface area is 120 Å². The first-order valence-electron chi connectivity index (χ1n) is 6.21. The second-order valence-electron chi connectivity index (χ2n) is 3.93. The van der Waals surface area contributed by atoms with E-state index in [1.54, 1.807) is 0 Å². The molecule has 0 saturated heterocycles. The van der Waals surface area contributed by atoms with E-state index in [1.165, 1.54) is 0 Å². The molecular formula is C11H16ClF3N4O. The molecule has 1 aromatic heterocycles. The molecule has 9 heteroatoms. The van der Waals surface area contributed by atoms with Crippen molar-refractivity contribution in [3.05, 3.63) is 5.28 Å². The lowest BCUT2D eigenvalue weighted by molar-refractivity contribution is -0.136. The maximum absolute atomic E-state index is 12.0. The van der Waals surface area contributed by atoms with E-state index in [2.05, 4.69) is 15.0 Å². The van der Waals surface area contributed by atoms with Gasteiger partial charge in [0.15, 0.2) is 0 Å². The van der Waals surface area contributed by atoms with Crippen molar-refractivity contribution in [2.45, 2.75) is 32.9 Å². The maximum Gasteiger partial charge on any atom is 0.389 e. The highest BCUT2D eigenvalue weighted by molar-refractivity contribution is 6.28. The summed E-state index contributed by atoms with van der Waals surface area (Å²) in [5.74, 6) is 0.348. The molecule has 1 rings (SSSR count). The second kappa shape index (κ2) is 7.47. The molecule has 5 nitrogen and oxygen atoms in total. The third-order valence-electron chi connectivity index (χ3n) is 2.46. The SMILES string of the molecule is CCN(CC)c1nc(Cl)nc(OCCCC(F)(F)F)n1. The number of hydrogen-bond donors (Lipinski definition) is 0. The first kappa shape index (κ1) is 16.7. The normalized spacial score (nSPS) is 11.5. The van der Waals surface area contributed by atoms with E-state index >= 15 is 0 Å². The fourth-order valence-electron chi connectivity index (χ4n) is 1.47. The van der Waals surface area contributed by atoms with Crippen LogP contribution < -0.4 is 9.64 Å². The molecule has 114 valence electrons. The van der Waals surface area contributed by atoms with Crippen LogP contribution in [0.1, 0.15) is 26.7 Å². The Kier molecular flexibility index (Phi) is 6.25. The van der Waals surface area contributed by atoms with Crippen LogP contribution in [0.2, 0.25) is 5.28 Å². The molecule has 0 aliphatic rings. The van der Waals surface area contributed by atoms with Gasteiger partial charge in [0.2, 0.25) is 11.2 Å². The third kappa shape index (κ3) is 5.77. The number of halogens is 4. The zero-order chi connectivity index (χ0) is 15.2. The van der Waals surface area contributed by atoms with Crippen LogP contribution in [0.25, 0.3) is 0 Å². The molecule has 0 bridgehead atoms. The standard InChI is InChI=1S/C11H16ClF3N4O/c1-3-19(4-2)9-16-8(12)17-10(18-9)20-7-5-6-11(13,14)15/h3-7H2,1-2H3. The molecule has 1 heterocycles. The van der Waals surface area contributed by atoms with Gasteiger partial charge in [0.1, 0.15) is 0 Å². The van der Waals surface area contributed by atoms with E-state index in [1.807, 2.05) is 18.7 Å². The first-order valence-corrected chi connectivity index (χ1v) is 6.59. The Morgan fingerprint density at radius 2 is 1.80 bits per heavy atom. The Morgan fingerprint density at radius 1 is 1.15 bits per heavy atom. The molecule has 0 radical (unpaired) electrons. The summed E-state index contributed by atoms with van der Waals surface area (Å²) in [6.45, 7) is 5.06. The number of aromatic nitrogens is 3. The molecule has 0 atom stereocenters. The lowest BCUT2D eigenvalue weighted by Crippen LogP contribution is -2.24. The van der Waals surface area contributed by atoms with Gasteiger partial charge in [0, 0.05) is 19.5 Å². The number of alkyl halides is 3. The number of ether oxygens (including phenoxy) is 1. The lowest BCUT2D eigenvalue weighted by atomic mass is 10.3. The summed E-state index contributed by atoms with van der Waals surface area (Å²) in [5, 5.41) is -0.0484. The van der Waals surface area contributed by atoms with Gasteiger partial charge in [-0.3, -0.25) is 0 Å². The van der Waals surface area contributed by atoms with Crippen LogP contribution in [0.4, 0.5) is 19.1 Å². The van der Waals surface area contributed by atoms with Crippen LogP contribution >= 0.6 is 11.6 Å². The number of anilines is 1. The van der Waals surface area contributed by atoms with E-state index < -0.39 is 12.6 Å². The van der Waals surface area contributed by atoms with Crippen molar-refractivity contribution in [1.29, 1.82) is 0 Å². The van der Waals surface area contributed by atoms with Crippen molar-refractivity contribution in [2.75, 3.05) is 24.6 Å². The van der Waals surface area contributed by atoms with Gasteiger partial charge in [-0.25, -0.2) is 0 Å². The van der Waals surface area contributed by atoms with E-state index in [0.717, 1.165) is 0 Å². The van der Waals surface area contributed by atoms with Crippen LogP contribution in [0.15, 0.2) is 0 Å². The average Bonchev–Trinajstić information content (AvgIpc) is 2.34. The highest BCUT2D eigenvalue weighted by atomic mass is 35.5. The average molecular weight is 313 g/mol. The molecule has 0 aliphatic heterocycles. The minimum atomic E-state index is -4.19. The van der Waals surface area contributed by atoms with Crippen molar-refractivity contribution >= 4 is 17.5 Å². The van der Waals surface area contributed by atoms with Gasteiger partial charge < -0.3 is 9.64 Å². The Bertz CT molecular complexity index is 427. The van der Waals surface area contributed by atoms with Crippen LogP contribution in [0.3, 0.4) is 0 Å². The van der Waals surface area contributed by atoms with Crippen LogP contribution in [-0.2, 0) is 0 Å². The van der Waals surface area contributed by atoms with Gasteiger partial charge in [-0.2, -0.15) is 28.1 Å². The second-order valence-corrected chi connectivity index (χ2v) is 4.26. The molecule has 0 saturated carbocycles. The smallest absolute Gasteiger partial charge is 0.389 e. The third-order valence-corrected chi connectivity index (χ3v) is 2.63. The lowest BCUT2D eigenvalue weighted by Gasteiger charge is -2.18. The molecule has 0 aliphatic carbocycles. The summed E-state index contributed by atoms with van der Waals surface area (Å²) in [6.07, 6.45) is -5.26. The summed E-state index contributed by atoms with van der Waals surface area (Å²) in [7, 11) is 0. The molecular weight excluding hydrogens is 297 g/mol. The van der Waals surface area contributed by atoms with Crippen LogP contribution in [0.5, 0.6) is 6.01 Å². The number of hydrogen-bond acceptors (Lipinski definition) is 5. The molecule has 0 N–H and O–H groups in total. The van der Waals surface area contributed by atoms with Crippen molar-refractivity contribution < 1.29 is 17.9 Å². The summed E-state index contributed by atoms with van der Waals surface area (Å²) in [4.78, 5) is 13.5. The summed E-state index contributed by atoms with van der Waals surface area (Å²) in [5.41, 5.74) is 0. The predicted molar refractivity (Wildman–Crippen MR) is 69.2 cm³/mol. The minimum Gasteiger partial charge on any atom is -0.463 e. The maximum atomic E-state index is 12.0. The minimum absolute atomic E-state index is 0.0484. The van der Waals surface area contributed by atoms with Gasteiger partial charge in [-0.1, -0.05) is 0 Å². The van der Waals surface area contributed by atoms with Crippen molar-refractivity contribution in [3.8, 4) is 6.01 Å². The van der Waals surface area contributed by atoms with E-state index in [0.29, 0.717) is 19.0 Å². The molecule has 0 unspecified atom stereocenters. The quantitative estimate of drug-likeness (QED) is 0.724. The zero-order valence-corrected chi connectivity index (χ0v) is 12.0. The highest BCUT2D eigenvalue weighted by Crippen LogP contribution is 2.21. The van der Waals surface area contributed by atoms with E-state index in [-0.39, 0.29) is 24.3 Å². The van der Waals surface area contributed by atoms with Crippen LogP contribution in [-0.4, -0.2) is 40.8 Å². The molecule has 1 aromatic rings. The van der Waals surface area contributed by atoms with E-state index in [9.17, 15) is 13.2 Å².